The largest absolute Gasteiger partial charge is 0.383 e. The Bertz CT molecular complexity index is 409. The summed E-state index contributed by atoms with van der Waals surface area (Å²) in [5.41, 5.74) is 2.20. The van der Waals surface area contributed by atoms with E-state index in [4.69, 9.17) is 9.72 Å². The predicted octanol–water partition coefficient (Wildman–Crippen LogP) is 2.57. The Labute approximate surface area is 129 Å². The first-order chi connectivity index (χ1) is 10.1. The van der Waals surface area contributed by atoms with Gasteiger partial charge in [0.15, 0.2) is 0 Å². The second-order valence-corrected chi connectivity index (χ2v) is 5.46. The lowest BCUT2D eigenvalue weighted by Gasteiger charge is -2.25. The molecule has 0 aliphatic carbocycles. The lowest BCUT2D eigenvalue weighted by molar-refractivity contribution is 0.205. The van der Waals surface area contributed by atoms with Gasteiger partial charge in [-0.05, 0) is 19.9 Å². The average molecular weight is 294 g/mol. The van der Waals surface area contributed by atoms with Crippen molar-refractivity contribution < 1.29 is 4.74 Å². The van der Waals surface area contributed by atoms with Crippen molar-refractivity contribution in [2.75, 3.05) is 38.3 Å². The van der Waals surface area contributed by atoms with Crippen LogP contribution < -0.4 is 10.2 Å². The van der Waals surface area contributed by atoms with E-state index in [2.05, 4.69) is 42.9 Å². The van der Waals surface area contributed by atoms with Gasteiger partial charge in [0.1, 0.15) is 5.82 Å². The fourth-order valence-corrected chi connectivity index (χ4v) is 2.13. The Morgan fingerprint density at radius 1 is 1.33 bits per heavy atom. The van der Waals surface area contributed by atoms with Crippen molar-refractivity contribution in [1.82, 2.24) is 15.3 Å². The molecule has 0 spiro atoms. The van der Waals surface area contributed by atoms with Gasteiger partial charge in [-0.25, -0.2) is 9.97 Å². The van der Waals surface area contributed by atoms with Crippen molar-refractivity contribution in [3.8, 4) is 0 Å². The molecule has 0 saturated carbocycles. The van der Waals surface area contributed by atoms with Crippen molar-refractivity contribution in [1.29, 1.82) is 0 Å². The highest BCUT2D eigenvalue weighted by Crippen LogP contribution is 2.20. The summed E-state index contributed by atoms with van der Waals surface area (Å²) >= 11 is 0. The maximum absolute atomic E-state index is 5.20. The lowest BCUT2D eigenvalue weighted by Crippen LogP contribution is -2.29. The number of ether oxygens (including phenoxy) is 1. The Morgan fingerprint density at radius 2 is 2.10 bits per heavy atom. The third-order valence-electron chi connectivity index (χ3n) is 3.39. The molecule has 1 rings (SSSR count). The molecule has 0 aliphatic heterocycles. The lowest BCUT2D eigenvalue weighted by atomic mass is 10.2. The molecule has 0 fully saturated rings. The molecule has 1 aromatic rings. The zero-order chi connectivity index (χ0) is 15.7. The van der Waals surface area contributed by atoms with Crippen LogP contribution >= 0.6 is 0 Å². The summed E-state index contributed by atoms with van der Waals surface area (Å²) in [6.07, 6.45) is 3.09. The molecular formula is C16H30N4O. The third kappa shape index (κ3) is 5.59. The van der Waals surface area contributed by atoms with E-state index >= 15 is 0 Å². The number of likely N-dealkylation sites (N-methyl/N-ethyl adjacent to an activating group) is 1. The molecule has 5 nitrogen and oxygen atoms in total. The number of anilines is 1. The highest BCUT2D eigenvalue weighted by atomic mass is 16.5. The molecule has 1 N–H and O–H groups in total. The molecule has 0 aliphatic rings. The van der Waals surface area contributed by atoms with Crippen LogP contribution in [0.15, 0.2) is 6.20 Å². The number of hydrogen-bond donors (Lipinski definition) is 1. The van der Waals surface area contributed by atoms with Gasteiger partial charge >= 0.3 is 0 Å². The van der Waals surface area contributed by atoms with E-state index in [1.165, 1.54) is 0 Å². The molecule has 5 heteroatoms. The van der Waals surface area contributed by atoms with Crippen LogP contribution in [0.25, 0.3) is 0 Å². The van der Waals surface area contributed by atoms with Crippen LogP contribution in [-0.2, 0) is 11.3 Å². The van der Waals surface area contributed by atoms with E-state index in [1.54, 1.807) is 7.11 Å². The minimum absolute atomic E-state index is 0.345. The predicted molar refractivity (Wildman–Crippen MR) is 87.9 cm³/mol. The van der Waals surface area contributed by atoms with E-state index in [0.717, 1.165) is 49.8 Å². The fraction of sp³-hybridized carbons (Fsp3) is 0.750. The highest BCUT2D eigenvalue weighted by Gasteiger charge is 2.14. The van der Waals surface area contributed by atoms with E-state index in [0.29, 0.717) is 12.5 Å². The van der Waals surface area contributed by atoms with Crippen molar-refractivity contribution in [3.63, 3.8) is 0 Å². The molecule has 120 valence electrons. The van der Waals surface area contributed by atoms with Crippen LogP contribution in [0.3, 0.4) is 0 Å². The summed E-state index contributed by atoms with van der Waals surface area (Å²) < 4.78 is 5.20. The van der Waals surface area contributed by atoms with Gasteiger partial charge in [0.25, 0.3) is 0 Å². The maximum Gasteiger partial charge on any atom is 0.131 e. The molecule has 0 unspecified atom stereocenters. The van der Waals surface area contributed by atoms with Crippen molar-refractivity contribution in [2.24, 2.45) is 0 Å². The molecular weight excluding hydrogens is 264 g/mol. The number of nitrogens with zero attached hydrogens (tertiary/aromatic N) is 3. The monoisotopic (exact) mass is 294 g/mol. The van der Waals surface area contributed by atoms with Gasteiger partial charge in [-0.15, -0.1) is 0 Å². The van der Waals surface area contributed by atoms with E-state index in [1.807, 2.05) is 6.20 Å². The summed E-state index contributed by atoms with van der Waals surface area (Å²) in [6.45, 7) is 12.9. The van der Waals surface area contributed by atoms with Gasteiger partial charge in [0.2, 0.25) is 0 Å². The summed E-state index contributed by atoms with van der Waals surface area (Å²) in [5.74, 6) is 1.26. The Balaban J connectivity index is 2.97. The van der Waals surface area contributed by atoms with E-state index in [-0.39, 0.29) is 0 Å². The van der Waals surface area contributed by atoms with E-state index < -0.39 is 0 Å². The molecule has 1 heterocycles. The number of rotatable bonds is 10. The minimum atomic E-state index is 0.345. The van der Waals surface area contributed by atoms with Crippen LogP contribution in [0.5, 0.6) is 0 Å². The zero-order valence-electron chi connectivity index (χ0n) is 14.1. The van der Waals surface area contributed by atoms with Crippen molar-refractivity contribution >= 4 is 5.69 Å². The first kappa shape index (κ1) is 17.9. The van der Waals surface area contributed by atoms with Gasteiger partial charge in [-0.3, -0.25) is 0 Å². The topological polar surface area (TPSA) is 50.3 Å². The molecule has 21 heavy (non-hydrogen) atoms. The average Bonchev–Trinajstić information content (AvgIpc) is 2.49. The minimum Gasteiger partial charge on any atom is -0.383 e. The molecule has 0 radical (unpaired) electrons. The van der Waals surface area contributed by atoms with E-state index in [9.17, 15) is 0 Å². The quantitative estimate of drug-likeness (QED) is 0.672. The van der Waals surface area contributed by atoms with Crippen molar-refractivity contribution in [2.45, 2.75) is 46.6 Å². The SMILES string of the molecule is CCCNCc1nc(C(C)C)ncc1N(CC)CCOC. The Kier molecular flexibility index (Phi) is 8.23. The zero-order valence-corrected chi connectivity index (χ0v) is 14.1. The summed E-state index contributed by atoms with van der Waals surface area (Å²) in [4.78, 5) is 11.6. The second kappa shape index (κ2) is 9.68. The van der Waals surface area contributed by atoms with Gasteiger partial charge in [-0.2, -0.15) is 0 Å². The normalized spacial score (nSPS) is 11.1. The standard InChI is InChI=1S/C16H30N4O/c1-6-8-17-11-14-15(20(7-2)9-10-21-5)12-18-16(19-14)13(3)4/h12-13,17H,6-11H2,1-5H3. The van der Waals surface area contributed by atoms with Crippen LogP contribution in [-0.4, -0.2) is 43.3 Å². The Morgan fingerprint density at radius 3 is 2.67 bits per heavy atom. The molecule has 0 atom stereocenters. The number of aromatic nitrogens is 2. The Hall–Kier alpha value is -1.20. The first-order valence-corrected chi connectivity index (χ1v) is 7.94. The van der Waals surface area contributed by atoms with Crippen LogP contribution in [0, 0.1) is 0 Å². The van der Waals surface area contributed by atoms with Gasteiger partial charge < -0.3 is 15.0 Å². The molecule has 1 aromatic heterocycles. The third-order valence-corrected chi connectivity index (χ3v) is 3.39. The maximum atomic E-state index is 5.20. The second-order valence-electron chi connectivity index (χ2n) is 5.46. The van der Waals surface area contributed by atoms with Gasteiger partial charge in [0, 0.05) is 32.7 Å². The molecule has 0 bridgehead atoms. The van der Waals surface area contributed by atoms with Crippen LogP contribution in [0.1, 0.15) is 51.6 Å². The summed E-state index contributed by atoms with van der Waals surface area (Å²) in [5, 5.41) is 3.44. The summed E-state index contributed by atoms with van der Waals surface area (Å²) in [7, 11) is 1.73. The number of methoxy groups -OCH3 is 1. The van der Waals surface area contributed by atoms with Crippen LogP contribution in [0.2, 0.25) is 0 Å². The summed E-state index contributed by atoms with van der Waals surface area (Å²) in [6, 6.07) is 0. The fourth-order valence-electron chi connectivity index (χ4n) is 2.13. The highest BCUT2D eigenvalue weighted by molar-refractivity contribution is 5.49. The van der Waals surface area contributed by atoms with Crippen molar-refractivity contribution in [3.05, 3.63) is 17.7 Å². The first-order valence-electron chi connectivity index (χ1n) is 7.94. The smallest absolute Gasteiger partial charge is 0.131 e. The number of hydrogen-bond acceptors (Lipinski definition) is 5. The molecule has 0 amide bonds. The molecule has 0 saturated heterocycles. The van der Waals surface area contributed by atoms with Gasteiger partial charge in [0.05, 0.1) is 24.2 Å². The van der Waals surface area contributed by atoms with Crippen LogP contribution in [0.4, 0.5) is 5.69 Å². The number of nitrogens with one attached hydrogen (secondary N) is 1. The van der Waals surface area contributed by atoms with Gasteiger partial charge in [-0.1, -0.05) is 20.8 Å². The molecule has 0 aromatic carbocycles.